The van der Waals surface area contributed by atoms with E-state index < -0.39 is 0 Å². The Morgan fingerprint density at radius 1 is 1.36 bits per heavy atom. The molecule has 1 aromatic rings. The van der Waals surface area contributed by atoms with Crippen LogP contribution in [0.15, 0.2) is 0 Å². The van der Waals surface area contributed by atoms with Gasteiger partial charge >= 0.3 is 0 Å². The molecule has 2 heterocycles. The molecule has 78 valence electrons. The molecule has 3 nitrogen and oxygen atoms in total. The third-order valence-corrected chi connectivity index (χ3v) is 2.95. The van der Waals surface area contributed by atoms with Gasteiger partial charge in [0.05, 0.1) is 0 Å². The van der Waals surface area contributed by atoms with Gasteiger partial charge < -0.3 is 9.88 Å². The van der Waals surface area contributed by atoms with Gasteiger partial charge in [-0.1, -0.05) is 18.5 Å². The average Bonchev–Trinajstić information content (AvgIpc) is 2.61. The molecular formula is C10H16ClN3. The first kappa shape index (κ1) is 9.84. The quantitative estimate of drug-likeness (QED) is 0.819. The predicted molar refractivity (Wildman–Crippen MR) is 59.0 cm³/mol. The van der Waals surface area contributed by atoms with Crippen LogP contribution in [-0.4, -0.2) is 23.1 Å². The largest absolute Gasteiger partial charge is 0.354 e. The first-order valence-corrected chi connectivity index (χ1v) is 5.68. The molecule has 1 aliphatic heterocycles. The number of piperidine rings is 1. The number of nitrogens with one attached hydrogen (secondary N) is 1. The number of aryl methyl sites for hydroxylation is 1. The summed E-state index contributed by atoms with van der Waals surface area (Å²) in [6.45, 7) is 4.26. The molecule has 14 heavy (non-hydrogen) atoms. The molecule has 1 N–H and O–H groups in total. The van der Waals surface area contributed by atoms with Gasteiger partial charge in [0.2, 0.25) is 0 Å². The number of hydrogen-bond donors (Lipinski definition) is 1. The summed E-state index contributed by atoms with van der Waals surface area (Å²) in [5.74, 6) is 1.93. The normalized spacial score (nSPS) is 17.4. The van der Waals surface area contributed by atoms with Gasteiger partial charge in [-0.15, -0.1) is 0 Å². The number of hydrogen-bond acceptors (Lipinski definition) is 2. The molecule has 0 aliphatic carbocycles. The Morgan fingerprint density at radius 3 is 2.64 bits per heavy atom. The van der Waals surface area contributed by atoms with Crippen molar-refractivity contribution in [2.45, 2.75) is 32.6 Å². The van der Waals surface area contributed by atoms with Crippen molar-refractivity contribution in [3.8, 4) is 0 Å². The molecule has 0 spiro atoms. The van der Waals surface area contributed by atoms with Crippen LogP contribution < -0.4 is 4.90 Å². The number of halogens is 1. The molecular weight excluding hydrogens is 198 g/mol. The van der Waals surface area contributed by atoms with Crippen molar-refractivity contribution < 1.29 is 0 Å². The van der Waals surface area contributed by atoms with Crippen molar-refractivity contribution in [2.75, 3.05) is 18.0 Å². The van der Waals surface area contributed by atoms with Crippen LogP contribution in [0.1, 0.15) is 32.0 Å². The lowest BCUT2D eigenvalue weighted by Gasteiger charge is -2.26. The van der Waals surface area contributed by atoms with Crippen LogP contribution in [0.5, 0.6) is 0 Å². The van der Waals surface area contributed by atoms with E-state index in [0.717, 1.165) is 31.2 Å². The molecule has 0 radical (unpaired) electrons. The highest BCUT2D eigenvalue weighted by molar-refractivity contribution is 6.31. The fourth-order valence-corrected chi connectivity index (χ4v) is 2.14. The predicted octanol–water partition coefficient (Wildman–Crippen LogP) is 2.62. The van der Waals surface area contributed by atoms with Crippen LogP contribution in [0.25, 0.3) is 0 Å². The number of anilines is 1. The summed E-state index contributed by atoms with van der Waals surface area (Å²) in [4.78, 5) is 9.87. The number of H-pyrrole nitrogens is 1. The second-order valence-corrected chi connectivity index (χ2v) is 4.10. The third kappa shape index (κ3) is 1.87. The zero-order chi connectivity index (χ0) is 9.97. The van der Waals surface area contributed by atoms with Crippen LogP contribution >= 0.6 is 11.6 Å². The molecule has 0 aromatic carbocycles. The van der Waals surface area contributed by atoms with Crippen molar-refractivity contribution >= 4 is 17.4 Å². The van der Waals surface area contributed by atoms with Crippen LogP contribution in [-0.2, 0) is 6.42 Å². The van der Waals surface area contributed by atoms with Gasteiger partial charge in [-0.25, -0.2) is 4.98 Å². The van der Waals surface area contributed by atoms with E-state index in [1.54, 1.807) is 0 Å². The Hall–Kier alpha value is -0.700. The molecule has 1 aromatic heterocycles. The van der Waals surface area contributed by atoms with Crippen molar-refractivity contribution in [3.63, 3.8) is 0 Å². The lowest BCUT2D eigenvalue weighted by molar-refractivity contribution is 0.574. The van der Waals surface area contributed by atoms with Crippen LogP contribution in [0.4, 0.5) is 5.82 Å². The maximum absolute atomic E-state index is 6.10. The van der Waals surface area contributed by atoms with E-state index in [9.17, 15) is 0 Å². The Labute approximate surface area is 89.5 Å². The lowest BCUT2D eigenvalue weighted by Crippen LogP contribution is -2.29. The van der Waals surface area contributed by atoms with Gasteiger partial charge in [0.1, 0.15) is 5.82 Å². The first-order valence-electron chi connectivity index (χ1n) is 5.30. The van der Waals surface area contributed by atoms with E-state index in [1.807, 2.05) is 0 Å². The smallest absolute Gasteiger partial charge is 0.166 e. The second kappa shape index (κ2) is 4.22. The van der Waals surface area contributed by atoms with E-state index in [1.165, 1.54) is 19.3 Å². The van der Waals surface area contributed by atoms with Gasteiger partial charge in [0.15, 0.2) is 11.0 Å². The van der Waals surface area contributed by atoms with E-state index >= 15 is 0 Å². The molecule has 1 aliphatic rings. The van der Waals surface area contributed by atoms with Crippen molar-refractivity contribution in [1.29, 1.82) is 0 Å². The Bertz CT molecular complexity index is 302. The Kier molecular flexibility index (Phi) is 2.96. The van der Waals surface area contributed by atoms with Gasteiger partial charge in [-0.3, -0.25) is 0 Å². The van der Waals surface area contributed by atoms with E-state index in [4.69, 9.17) is 11.6 Å². The van der Waals surface area contributed by atoms with Crippen molar-refractivity contribution in [3.05, 3.63) is 11.0 Å². The number of nitrogens with zero attached hydrogens (tertiary/aromatic N) is 2. The first-order chi connectivity index (χ1) is 6.81. The second-order valence-electron chi connectivity index (χ2n) is 3.72. The maximum atomic E-state index is 6.10. The lowest BCUT2D eigenvalue weighted by atomic mass is 10.1. The SMILES string of the molecule is CCc1nc(N2CCCCC2)c(Cl)[nH]1. The summed E-state index contributed by atoms with van der Waals surface area (Å²) in [6, 6.07) is 0. The molecule has 0 unspecified atom stereocenters. The summed E-state index contributed by atoms with van der Waals surface area (Å²) in [6.07, 6.45) is 4.75. The Morgan fingerprint density at radius 2 is 2.07 bits per heavy atom. The molecule has 1 fully saturated rings. The third-order valence-electron chi connectivity index (χ3n) is 2.68. The number of rotatable bonds is 2. The minimum atomic E-state index is 0.698. The number of aromatic amines is 1. The average molecular weight is 214 g/mol. The van der Waals surface area contributed by atoms with E-state index in [-0.39, 0.29) is 0 Å². The van der Waals surface area contributed by atoms with Gasteiger partial charge in [0.25, 0.3) is 0 Å². The van der Waals surface area contributed by atoms with E-state index in [2.05, 4.69) is 21.8 Å². The molecule has 0 atom stereocenters. The van der Waals surface area contributed by atoms with Crippen molar-refractivity contribution in [1.82, 2.24) is 9.97 Å². The van der Waals surface area contributed by atoms with Crippen LogP contribution in [0, 0.1) is 0 Å². The van der Waals surface area contributed by atoms with Crippen molar-refractivity contribution in [2.24, 2.45) is 0 Å². The van der Waals surface area contributed by atoms with Gasteiger partial charge in [-0.2, -0.15) is 0 Å². The van der Waals surface area contributed by atoms with E-state index in [0.29, 0.717) is 5.15 Å². The fourth-order valence-electron chi connectivity index (χ4n) is 1.87. The standard InChI is InChI=1S/C10H16ClN3/c1-2-8-12-9(11)10(13-8)14-6-4-3-5-7-14/h2-7H2,1H3,(H,12,13). The van der Waals surface area contributed by atoms with Gasteiger partial charge in [0, 0.05) is 19.5 Å². The summed E-state index contributed by atoms with van der Waals surface area (Å²) in [5.41, 5.74) is 0. The summed E-state index contributed by atoms with van der Waals surface area (Å²) in [7, 11) is 0. The minimum Gasteiger partial charge on any atom is -0.354 e. The summed E-state index contributed by atoms with van der Waals surface area (Å²) < 4.78 is 0. The van der Waals surface area contributed by atoms with Gasteiger partial charge in [-0.05, 0) is 19.3 Å². The zero-order valence-corrected chi connectivity index (χ0v) is 9.27. The molecule has 0 amide bonds. The van der Waals surface area contributed by atoms with Crippen LogP contribution in [0.3, 0.4) is 0 Å². The fraction of sp³-hybridized carbons (Fsp3) is 0.700. The highest BCUT2D eigenvalue weighted by Gasteiger charge is 2.17. The topological polar surface area (TPSA) is 31.9 Å². The molecule has 4 heteroatoms. The minimum absolute atomic E-state index is 0.698. The molecule has 0 saturated carbocycles. The highest BCUT2D eigenvalue weighted by Crippen LogP contribution is 2.25. The molecule has 0 bridgehead atoms. The highest BCUT2D eigenvalue weighted by atomic mass is 35.5. The van der Waals surface area contributed by atoms with Crippen LogP contribution in [0.2, 0.25) is 5.15 Å². The summed E-state index contributed by atoms with van der Waals surface area (Å²) in [5, 5.41) is 0.698. The zero-order valence-electron chi connectivity index (χ0n) is 8.52. The molecule has 2 rings (SSSR count). The number of imidazole rings is 1. The Balaban J connectivity index is 2.17. The summed E-state index contributed by atoms with van der Waals surface area (Å²) >= 11 is 6.10. The molecule has 1 saturated heterocycles. The maximum Gasteiger partial charge on any atom is 0.166 e. The monoisotopic (exact) mass is 213 g/mol. The number of aromatic nitrogens is 2.